The highest BCUT2D eigenvalue weighted by molar-refractivity contribution is 6.03. The topological polar surface area (TPSA) is 130 Å². The number of nitrogens with one attached hydrogen (secondary N) is 3. The first kappa shape index (κ1) is 20.5. The van der Waals surface area contributed by atoms with Crippen molar-refractivity contribution in [1.29, 1.82) is 0 Å². The number of nitrogens with zero attached hydrogens (tertiary/aromatic N) is 4. The molecular weight excluding hydrogens is 407 g/mol. The van der Waals surface area contributed by atoms with Crippen LogP contribution in [0.5, 0.6) is 0 Å². The minimum Gasteiger partial charge on any atom is -0.381 e. The summed E-state index contributed by atoms with van der Waals surface area (Å²) in [5.41, 5.74) is 6.27. The van der Waals surface area contributed by atoms with Crippen molar-refractivity contribution in [2.24, 2.45) is 0 Å². The van der Waals surface area contributed by atoms with Crippen LogP contribution < -0.4 is 21.7 Å². The van der Waals surface area contributed by atoms with Crippen LogP contribution in [0.4, 0.5) is 16.0 Å². The van der Waals surface area contributed by atoms with Gasteiger partial charge in [-0.25, -0.2) is 9.07 Å². The second kappa shape index (κ2) is 8.24. The predicted octanol–water partition coefficient (Wildman–Crippen LogP) is -1.77. The van der Waals surface area contributed by atoms with Crippen molar-refractivity contribution in [3.05, 3.63) is 5.56 Å². The Bertz CT molecular complexity index is 863. The molecule has 0 aromatic carbocycles. The third kappa shape index (κ3) is 3.83. The Morgan fingerprint density at radius 2 is 2.16 bits per heavy atom. The van der Waals surface area contributed by atoms with E-state index in [2.05, 4.69) is 25.9 Å². The van der Waals surface area contributed by atoms with Gasteiger partial charge in [0.05, 0.1) is 25.2 Å². The van der Waals surface area contributed by atoms with Crippen LogP contribution in [0, 0.1) is 0 Å². The summed E-state index contributed by atoms with van der Waals surface area (Å²) < 4.78 is 20.5. The average Bonchev–Trinajstić information content (AvgIpc) is 3.09. The van der Waals surface area contributed by atoms with Gasteiger partial charge >= 0.3 is 0 Å². The van der Waals surface area contributed by atoms with Crippen molar-refractivity contribution >= 4 is 23.5 Å². The second-order valence-corrected chi connectivity index (χ2v) is 8.66. The number of ether oxygens (including phenoxy) is 1. The summed E-state index contributed by atoms with van der Waals surface area (Å²) >= 11 is 0. The molecule has 0 aliphatic carbocycles. The molecule has 0 radical (unpaired) electrons. The number of aromatic nitrogens is 2. The summed E-state index contributed by atoms with van der Waals surface area (Å²) in [6.45, 7) is 4.60. The molecule has 1 aromatic rings. The van der Waals surface area contributed by atoms with Gasteiger partial charge in [0.2, 0.25) is 5.91 Å². The van der Waals surface area contributed by atoms with E-state index in [1.54, 1.807) is 0 Å². The molecule has 0 bridgehead atoms. The molecule has 4 aliphatic rings. The van der Waals surface area contributed by atoms with Crippen LogP contribution in [-0.2, 0) is 16.1 Å². The van der Waals surface area contributed by atoms with Crippen molar-refractivity contribution in [2.45, 2.75) is 37.3 Å². The standard InChI is InChI=1S/C19H29FN8O3/c20-11-5-23-18-16(17(21)25-28(18)7-11)19(30)24-13-6-22-2-1-14(13)26-3-4-27-12(8-26)9-31-10-15(27)29/h11-14,22-23H,1-10H2,(H2,21,25)(H,24,30). The number of halogens is 1. The van der Waals surface area contributed by atoms with Crippen molar-refractivity contribution < 1.29 is 18.7 Å². The van der Waals surface area contributed by atoms with Gasteiger partial charge in [0.1, 0.15) is 24.2 Å². The van der Waals surface area contributed by atoms with E-state index >= 15 is 0 Å². The maximum atomic E-state index is 13.7. The number of alkyl halides is 1. The van der Waals surface area contributed by atoms with Gasteiger partial charge in [0.25, 0.3) is 5.91 Å². The molecule has 2 amide bonds. The molecule has 0 spiro atoms. The number of fused-ring (bicyclic) bond motifs is 2. The van der Waals surface area contributed by atoms with Gasteiger partial charge in [0, 0.05) is 38.8 Å². The average molecular weight is 436 g/mol. The molecule has 3 fully saturated rings. The minimum absolute atomic E-state index is 0.0514. The predicted molar refractivity (Wildman–Crippen MR) is 110 cm³/mol. The number of carbonyl (C=O) groups excluding carboxylic acids is 2. The van der Waals surface area contributed by atoms with E-state index in [1.165, 1.54) is 4.68 Å². The van der Waals surface area contributed by atoms with Gasteiger partial charge in [-0.3, -0.25) is 14.5 Å². The van der Waals surface area contributed by atoms with Crippen molar-refractivity contribution in [2.75, 3.05) is 63.5 Å². The van der Waals surface area contributed by atoms with Gasteiger partial charge in [-0.2, -0.15) is 5.10 Å². The van der Waals surface area contributed by atoms with Gasteiger partial charge in [0.15, 0.2) is 5.82 Å². The molecule has 4 unspecified atom stereocenters. The Morgan fingerprint density at radius 3 is 3.03 bits per heavy atom. The SMILES string of the molecule is Nc1nn2c(c1C(=O)NC1CNCCC1N1CCN3C(=O)COCC3C1)NCC(F)C2. The highest BCUT2D eigenvalue weighted by atomic mass is 19.1. The van der Waals surface area contributed by atoms with Crippen LogP contribution in [0.2, 0.25) is 0 Å². The number of hydrogen-bond donors (Lipinski definition) is 4. The molecule has 5 heterocycles. The third-order valence-electron chi connectivity index (χ3n) is 6.67. The molecule has 11 nitrogen and oxygen atoms in total. The van der Waals surface area contributed by atoms with Crippen LogP contribution in [-0.4, -0.2) is 108 Å². The first-order chi connectivity index (χ1) is 15.0. The van der Waals surface area contributed by atoms with E-state index in [-0.39, 0.29) is 61.0 Å². The molecule has 0 saturated carbocycles. The Kier molecular flexibility index (Phi) is 5.44. The number of nitrogens with two attached hydrogens (primary N) is 1. The number of carbonyl (C=O) groups is 2. The van der Waals surface area contributed by atoms with E-state index in [9.17, 15) is 14.0 Å². The molecular formula is C19H29FN8O3. The van der Waals surface area contributed by atoms with Crippen LogP contribution in [0.25, 0.3) is 0 Å². The van der Waals surface area contributed by atoms with Crippen LogP contribution in [0.1, 0.15) is 16.8 Å². The largest absolute Gasteiger partial charge is 0.381 e. The molecule has 170 valence electrons. The molecule has 4 aliphatic heterocycles. The highest BCUT2D eigenvalue weighted by Gasteiger charge is 2.40. The Hall–Kier alpha value is -2.44. The van der Waals surface area contributed by atoms with E-state index in [0.717, 1.165) is 26.1 Å². The number of anilines is 2. The summed E-state index contributed by atoms with van der Waals surface area (Å²) in [5.74, 6) is 0.309. The fourth-order valence-corrected chi connectivity index (χ4v) is 5.16. The number of rotatable bonds is 3. The number of hydrogen-bond acceptors (Lipinski definition) is 8. The fraction of sp³-hybridized carbons (Fsp3) is 0.737. The first-order valence-electron chi connectivity index (χ1n) is 10.9. The monoisotopic (exact) mass is 436 g/mol. The lowest BCUT2D eigenvalue weighted by molar-refractivity contribution is -0.153. The third-order valence-corrected chi connectivity index (χ3v) is 6.67. The normalized spacial score (nSPS) is 31.5. The highest BCUT2D eigenvalue weighted by Crippen LogP contribution is 2.27. The van der Waals surface area contributed by atoms with E-state index in [1.807, 2.05) is 4.90 Å². The zero-order valence-electron chi connectivity index (χ0n) is 17.3. The molecule has 5 N–H and O–H groups in total. The lowest BCUT2D eigenvalue weighted by atomic mass is 9.96. The number of piperidine rings is 1. The zero-order valence-corrected chi connectivity index (χ0v) is 17.3. The molecule has 31 heavy (non-hydrogen) atoms. The van der Waals surface area contributed by atoms with Crippen LogP contribution >= 0.6 is 0 Å². The number of morpholine rings is 1. The van der Waals surface area contributed by atoms with Crippen LogP contribution in [0.3, 0.4) is 0 Å². The quantitative estimate of drug-likeness (QED) is 0.438. The smallest absolute Gasteiger partial charge is 0.259 e. The molecule has 4 atom stereocenters. The summed E-state index contributed by atoms with van der Waals surface area (Å²) in [6.07, 6.45) is -0.181. The minimum atomic E-state index is -1.07. The zero-order chi connectivity index (χ0) is 21.5. The second-order valence-electron chi connectivity index (χ2n) is 8.66. The summed E-state index contributed by atoms with van der Waals surface area (Å²) in [6, 6.07) is 0.0677. The lowest BCUT2D eigenvalue weighted by Gasteiger charge is -2.48. The maximum Gasteiger partial charge on any atom is 0.259 e. The number of nitrogen functional groups attached to an aromatic ring is 1. The number of piperazine rings is 1. The first-order valence-corrected chi connectivity index (χ1v) is 10.9. The van der Waals surface area contributed by atoms with Gasteiger partial charge < -0.3 is 31.3 Å². The molecule has 12 heteroatoms. The fourth-order valence-electron chi connectivity index (χ4n) is 5.16. The summed E-state index contributed by atoms with van der Waals surface area (Å²) in [7, 11) is 0. The van der Waals surface area contributed by atoms with Crippen LogP contribution in [0.15, 0.2) is 0 Å². The summed E-state index contributed by atoms with van der Waals surface area (Å²) in [5, 5.41) is 13.6. The van der Waals surface area contributed by atoms with Crippen molar-refractivity contribution in [3.8, 4) is 0 Å². The van der Waals surface area contributed by atoms with Gasteiger partial charge in [-0.15, -0.1) is 0 Å². The molecule has 1 aromatic heterocycles. The van der Waals surface area contributed by atoms with Crippen molar-refractivity contribution in [1.82, 2.24) is 30.2 Å². The van der Waals surface area contributed by atoms with E-state index in [4.69, 9.17) is 10.5 Å². The van der Waals surface area contributed by atoms with Gasteiger partial charge in [-0.05, 0) is 13.0 Å². The van der Waals surface area contributed by atoms with E-state index < -0.39 is 6.17 Å². The maximum absolute atomic E-state index is 13.7. The van der Waals surface area contributed by atoms with Crippen molar-refractivity contribution in [3.63, 3.8) is 0 Å². The van der Waals surface area contributed by atoms with Gasteiger partial charge in [-0.1, -0.05) is 0 Å². The van der Waals surface area contributed by atoms with E-state index in [0.29, 0.717) is 25.5 Å². The Labute approximate surface area is 179 Å². The Balaban J connectivity index is 1.30. The molecule has 5 rings (SSSR count). The summed E-state index contributed by atoms with van der Waals surface area (Å²) in [4.78, 5) is 29.5. The Morgan fingerprint density at radius 1 is 1.29 bits per heavy atom. The number of amides is 2. The molecule has 3 saturated heterocycles. The lowest BCUT2D eigenvalue weighted by Crippen LogP contribution is -2.66.